The fourth-order valence-corrected chi connectivity index (χ4v) is 3.13. The number of rotatable bonds is 6. The Morgan fingerprint density at radius 3 is 2.57 bits per heavy atom. The number of nitrogens with one attached hydrogen (secondary N) is 1. The zero-order valence-electron chi connectivity index (χ0n) is 13.3. The summed E-state index contributed by atoms with van der Waals surface area (Å²) in [4.78, 5) is 0. The Labute approximate surface area is 127 Å². The van der Waals surface area contributed by atoms with Crippen molar-refractivity contribution in [1.82, 2.24) is 0 Å². The van der Waals surface area contributed by atoms with E-state index in [9.17, 15) is 4.39 Å². The molecule has 2 rings (SSSR count). The third-order valence-electron chi connectivity index (χ3n) is 4.53. The Morgan fingerprint density at radius 2 is 2.00 bits per heavy atom. The molecule has 0 amide bonds. The third kappa shape index (κ3) is 3.80. The van der Waals surface area contributed by atoms with Crippen molar-refractivity contribution in [3.8, 4) is 5.75 Å². The summed E-state index contributed by atoms with van der Waals surface area (Å²) in [6.07, 6.45) is 6.22. The Kier molecular flexibility index (Phi) is 4.96. The molecule has 1 saturated carbocycles. The summed E-state index contributed by atoms with van der Waals surface area (Å²) in [5.74, 6) is -0.142. The van der Waals surface area contributed by atoms with Crippen molar-refractivity contribution < 1.29 is 9.13 Å². The molecule has 0 aliphatic heterocycles. The predicted octanol–water partition coefficient (Wildman–Crippen LogP) is 4.58. The predicted molar refractivity (Wildman–Crippen MR) is 86.3 cm³/mol. The number of ether oxygens (including phenoxy) is 1. The van der Waals surface area contributed by atoms with Crippen LogP contribution in [0.3, 0.4) is 0 Å². The van der Waals surface area contributed by atoms with Crippen LogP contribution < -0.4 is 15.8 Å². The fraction of sp³-hybridized carbons (Fsp3) is 0.647. The average Bonchev–Trinajstić information content (AvgIpc) is 2.89. The maximum Gasteiger partial charge on any atom is 0.167 e. The fourth-order valence-electron chi connectivity index (χ4n) is 3.13. The Balaban J connectivity index is 2.12. The van der Waals surface area contributed by atoms with Gasteiger partial charge in [-0.15, -0.1) is 0 Å². The molecule has 1 aromatic carbocycles. The van der Waals surface area contributed by atoms with Gasteiger partial charge in [0.1, 0.15) is 0 Å². The quantitative estimate of drug-likeness (QED) is 0.755. The van der Waals surface area contributed by atoms with E-state index < -0.39 is 5.82 Å². The smallest absolute Gasteiger partial charge is 0.167 e. The minimum absolute atomic E-state index is 0.0622. The highest BCUT2D eigenvalue weighted by atomic mass is 19.1. The number of hydrogen-bond donors (Lipinski definition) is 2. The van der Waals surface area contributed by atoms with Crippen molar-refractivity contribution in [3.63, 3.8) is 0 Å². The molecule has 0 bridgehead atoms. The molecule has 3 N–H and O–H groups in total. The van der Waals surface area contributed by atoms with E-state index in [2.05, 4.69) is 12.2 Å². The van der Waals surface area contributed by atoms with Crippen molar-refractivity contribution in [2.75, 3.05) is 17.6 Å². The number of halogens is 1. The maximum absolute atomic E-state index is 13.8. The molecule has 3 nitrogen and oxygen atoms in total. The van der Waals surface area contributed by atoms with Gasteiger partial charge in [0.25, 0.3) is 0 Å². The summed E-state index contributed by atoms with van der Waals surface area (Å²) in [7, 11) is 0. The zero-order valence-corrected chi connectivity index (χ0v) is 13.3. The number of anilines is 2. The molecule has 21 heavy (non-hydrogen) atoms. The molecular formula is C17H27FN2O. The van der Waals surface area contributed by atoms with Crippen molar-refractivity contribution >= 4 is 11.4 Å². The molecule has 1 aliphatic carbocycles. The van der Waals surface area contributed by atoms with Gasteiger partial charge in [-0.3, -0.25) is 0 Å². The molecule has 1 fully saturated rings. The van der Waals surface area contributed by atoms with E-state index >= 15 is 0 Å². The summed E-state index contributed by atoms with van der Waals surface area (Å²) in [6, 6.07) is 3.02. The van der Waals surface area contributed by atoms with E-state index in [1.807, 2.05) is 13.8 Å². The van der Waals surface area contributed by atoms with Gasteiger partial charge in [-0.05, 0) is 38.5 Å². The van der Waals surface area contributed by atoms with Crippen LogP contribution in [-0.2, 0) is 0 Å². The largest absolute Gasteiger partial charge is 0.488 e. The normalized spacial score (nSPS) is 17.2. The number of hydrogen-bond acceptors (Lipinski definition) is 3. The van der Waals surface area contributed by atoms with Gasteiger partial charge in [0.05, 0.1) is 17.5 Å². The number of nitrogens with two attached hydrogens (primary N) is 1. The Morgan fingerprint density at radius 1 is 1.33 bits per heavy atom. The maximum atomic E-state index is 13.8. The van der Waals surface area contributed by atoms with Gasteiger partial charge >= 0.3 is 0 Å². The molecule has 1 aromatic rings. The first-order valence-electron chi connectivity index (χ1n) is 7.95. The molecule has 4 heteroatoms. The van der Waals surface area contributed by atoms with Crippen LogP contribution in [0.4, 0.5) is 15.8 Å². The first kappa shape index (κ1) is 15.9. The van der Waals surface area contributed by atoms with Crippen LogP contribution in [0.5, 0.6) is 5.75 Å². The van der Waals surface area contributed by atoms with Gasteiger partial charge in [0.15, 0.2) is 11.6 Å². The number of benzene rings is 1. The molecule has 0 unspecified atom stereocenters. The third-order valence-corrected chi connectivity index (χ3v) is 4.53. The van der Waals surface area contributed by atoms with Crippen LogP contribution in [0.25, 0.3) is 0 Å². The lowest BCUT2D eigenvalue weighted by Gasteiger charge is -2.28. The second-order valence-corrected chi connectivity index (χ2v) is 6.45. The van der Waals surface area contributed by atoms with Crippen molar-refractivity contribution in [2.45, 2.75) is 59.0 Å². The minimum Gasteiger partial charge on any atom is -0.488 e. The van der Waals surface area contributed by atoms with E-state index in [4.69, 9.17) is 10.5 Å². The molecule has 0 heterocycles. The lowest BCUT2D eigenvalue weighted by atomic mass is 9.83. The van der Waals surface area contributed by atoms with E-state index in [1.54, 1.807) is 6.07 Å². The minimum atomic E-state index is -0.405. The molecule has 118 valence electrons. The summed E-state index contributed by atoms with van der Waals surface area (Å²) < 4.78 is 19.3. The highest BCUT2D eigenvalue weighted by Gasteiger charge is 2.31. The Hall–Kier alpha value is -1.45. The molecule has 0 radical (unpaired) electrons. The highest BCUT2D eigenvalue weighted by molar-refractivity contribution is 5.68. The summed E-state index contributed by atoms with van der Waals surface area (Å²) in [5, 5.41) is 3.42. The molecule has 0 spiro atoms. The molecular weight excluding hydrogens is 267 g/mol. The summed E-state index contributed by atoms with van der Waals surface area (Å²) in [6.45, 7) is 6.90. The number of nitrogen functional groups attached to an aromatic ring is 1. The second-order valence-electron chi connectivity index (χ2n) is 6.45. The van der Waals surface area contributed by atoms with Gasteiger partial charge in [-0.1, -0.05) is 19.8 Å². The van der Waals surface area contributed by atoms with Gasteiger partial charge in [-0.25, -0.2) is 4.39 Å². The van der Waals surface area contributed by atoms with Crippen LogP contribution in [0, 0.1) is 11.2 Å². The molecule has 0 atom stereocenters. The standard InChI is InChI=1S/C17H27FN2O/c1-4-17(7-5-6-8-17)11-20-15-10-16(21-12(2)3)13(18)9-14(15)19/h9-10,12,20H,4-8,11,19H2,1-3H3. The SMILES string of the molecule is CCC1(CNc2cc(OC(C)C)c(F)cc2N)CCCC1. The molecule has 1 aliphatic rings. The van der Waals surface area contributed by atoms with Crippen LogP contribution in [-0.4, -0.2) is 12.6 Å². The van der Waals surface area contributed by atoms with E-state index in [-0.39, 0.29) is 11.9 Å². The van der Waals surface area contributed by atoms with Gasteiger partial charge in [-0.2, -0.15) is 0 Å². The first-order valence-corrected chi connectivity index (χ1v) is 7.95. The monoisotopic (exact) mass is 294 g/mol. The van der Waals surface area contributed by atoms with Crippen molar-refractivity contribution in [1.29, 1.82) is 0 Å². The second kappa shape index (κ2) is 6.54. The lowest BCUT2D eigenvalue weighted by molar-refractivity contribution is 0.231. The first-order chi connectivity index (χ1) is 9.96. The Bertz CT molecular complexity index is 482. The van der Waals surface area contributed by atoms with Crippen LogP contribution in [0.1, 0.15) is 52.9 Å². The van der Waals surface area contributed by atoms with Crippen LogP contribution in [0.15, 0.2) is 12.1 Å². The van der Waals surface area contributed by atoms with Crippen molar-refractivity contribution in [3.05, 3.63) is 17.9 Å². The topological polar surface area (TPSA) is 47.3 Å². The summed E-state index contributed by atoms with van der Waals surface area (Å²) in [5.41, 5.74) is 7.50. The molecule has 0 saturated heterocycles. The lowest BCUT2D eigenvalue weighted by Crippen LogP contribution is -2.26. The van der Waals surface area contributed by atoms with Crippen LogP contribution in [0.2, 0.25) is 0 Å². The zero-order chi connectivity index (χ0) is 15.5. The van der Waals surface area contributed by atoms with Gasteiger partial charge in [0, 0.05) is 18.7 Å². The van der Waals surface area contributed by atoms with Crippen LogP contribution >= 0.6 is 0 Å². The van der Waals surface area contributed by atoms with Crippen molar-refractivity contribution in [2.24, 2.45) is 5.41 Å². The van der Waals surface area contributed by atoms with E-state index in [0.29, 0.717) is 11.1 Å². The van der Waals surface area contributed by atoms with Gasteiger partial charge < -0.3 is 15.8 Å². The molecule has 0 aromatic heterocycles. The highest BCUT2D eigenvalue weighted by Crippen LogP contribution is 2.41. The van der Waals surface area contributed by atoms with E-state index in [0.717, 1.165) is 18.7 Å². The average molecular weight is 294 g/mol. The summed E-state index contributed by atoms with van der Waals surface area (Å²) >= 11 is 0. The van der Waals surface area contributed by atoms with Gasteiger partial charge in [0.2, 0.25) is 0 Å². The van der Waals surface area contributed by atoms with E-state index in [1.165, 1.54) is 31.7 Å².